The van der Waals surface area contributed by atoms with E-state index >= 15 is 0 Å². The van der Waals surface area contributed by atoms with Crippen molar-refractivity contribution in [3.05, 3.63) is 48.2 Å². The second-order valence-corrected chi connectivity index (χ2v) is 7.59. The number of hydrogen-bond acceptors (Lipinski definition) is 6. The Morgan fingerprint density at radius 1 is 1.17 bits per heavy atom. The number of carbonyl (C=O) groups excluding carboxylic acids is 1. The summed E-state index contributed by atoms with van der Waals surface area (Å²) in [5.74, 6) is 1.58. The zero-order chi connectivity index (χ0) is 20.5. The van der Waals surface area contributed by atoms with Crippen molar-refractivity contribution in [1.29, 1.82) is 0 Å². The van der Waals surface area contributed by atoms with Crippen molar-refractivity contribution in [3.8, 4) is 0 Å². The van der Waals surface area contributed by atoms with Crippen LogP contribution in [0.1, 0.15) is 25.8 Å². The first-order chi connectivity index (χ1) is 14.2. The number of anilines is 1. The van der Waals surface area contributed by atoms with Crippen molar-refractivity contribution in [3.63, 3.8) is 0 Å². The molecule has 8 heteroatoms. The number of fused-ring (bicyclic) bond motifs is 1. The number of amides is 1. The average Bonchev–Trinajstić information content (AvgIpc) is 3.14. The fourth-order valence-corrected chi connectivity index (χ4v) is 3.32. The van der Waals surface area contributed by atoms with Gasteiger partial charge < -0.3 is 10.6 Å². The number of aromatic nitrogens is 4. The number of benzene rings is 1. The van der Waals surface area contributed by atoms with Gasteiger partial charge in [0.2, 0.25) is 5.91 Å². The fourth-order valence-electron chi connectivity index (χ4n) is 2.75. The SMILES string of the molecule is CCCNc1nc(SCC)nc2c1cnn2CCNC(=O)/C=C\c1ccccc1. The highest BCUT2D eigenvalue weighted by Gasteiger charge is 2.13. The Morgan fingerprint density at radius 2 is 2.00 bits per heavy atom. The minimum absolute atomic E-state index is 0.132. The van der Waals surface area contributed by atoms with Crippen molar-refractivity contribution >= 4 is 40.6 Å². The topological polar surface area (TPSA) is 84.7 Å². The van der Waals surface area contributed by atoms with E-state index in [1.807, 2.05) is 35.0 Å². The molecule has 3 rings (SSSR count). The van der Waals surface area contributed by atoms with Gasteiger partial charge in [-0.05, 0) is 23.8 Å². The second kappa shape index (κ2) is 10.6. The predicted octanol–water partition coefficient (Wildman–Crippen LogP) is 3.59. The summed E-state index contributed by atoms with van der Waals surface area (Å²) in [6.45, 7) is 6.04. The first-order valence-electron chi connectivity index (χ1n) is 9.82. The molecule has 0 aliphatic carbocycles. The van der Waals surface area contributed by atoms with Gasteiger partial charge in [-0.25, -0.2) is 14.6 Å². The third-order valence-corrected chi connectivity index (χ3v) is 4.87. The number of rotatable bonds is 10. The highest BCUT2D eigenvalue weighted by atomic mass is 32.2. The van der Waals surface area contributed by atoms with Crippen LogP contribution in [0.15, 0.2) is 47.8 Å². The molecule has 1 aromatic carbocycles. The quantitative estimate of drug-likeness (QED) is 0.302. The van der Waals surface area contributed by atoms with E-state index in [2.05, 4.69) is 39.5 Å². The van der Waals surface area contributed by atoms with Crippen LogP contribution >= 0.6 is 11.8 Å². The molecule has 2 heterocycles. The van der Waals surface area contributed by atoms with Gasteiger partial charge in [-0.3, -0.25) is 4.79 Å². The number of nitrogens with one attached hydrogen (secondary N) is 2. The van der Waals surface area contributed by atoms with Crippen LogP contribution in [0.4, 0.5) is 5.82 Å². The molecule has 0 aliphatic heterocycles. The van der Waals surface area contributed by atoms with Crippen LogP contribution in [0.3, 0.4) is 0 Å². The van der Waals surface area contributed by atoms with E-state index < -0.39 is 0 Å². The largest absolute Gasteiger partial charge is 0.369 e. The summed E-state index contributed by atoms with van der Waals surface area (Å²) in [7, 11) is 0. The van der Waals surface area contributed by atoms with Crippen LogP contribution in [-0.4, -0.2) is 44.5 Å². The first kappa shape index (κ1) is 20.9. The maximum atomic E-state index is 12.1. The summed E-state index contributed by atoms with van der Waals surface area (Å²) in [6, 6.07) is 9.74. The van der Waals surface area contributed by atoms with Gasteiger partial charge in [0.25, 0.3) is 0 Å². The van der Waals surface area contributed by atoms with Crippen LogP contribution in [0, 0.1) is 0 Å². The Balaban J connectivity index is 1.65. The van der Waals surface area contributed by atoms with Crippen LogP contribution in [0.2, 0.25) is 0 Å². The summed E-state index contributed by atoms with van der Waals surface area (Å²) in [5, 5.41) is 12.3. The molecular weight excluding hydrogens is 384 g/mol. The van der Waals surface area contributed by atoms with E-state index in [1.54, 1.807) is 30.1 Å². The van der Waals surface area contributed by atoms with Crippen molar-refractivity contribution in [2.45, 2.75) is 32.0 Å². The summed E-state index contributed by atoms with van der Waals surface area (Å²) < 4.78 is 1.81. The van der Waals surface area contributed by atoms with E-state index in [0.717, 1.165) is 46.3 Å². The van der Waals surface area contributed by atoms with Gasteiger partial charge in [-0.2, -0.15) is 5.10 Å². The Labute approximate surface area is 175 Å². The molecule has 3 aromatic rings. The Bertz CT molecular complexity index is 970. The maximum absolute atomic E-state index is 12.1. The smallest absolute Gasteiger partial charge is 0.244 e. The van der Waals surface area contributed by atoms with Crippen molar-refractivity contribution in [1.82, 2.24) is 25.1 Å². The third kappa shape index (κ3) is 5.80. The lowest BCUT2D eigenvalue weighted by Crippen LogP contribution is -2.25. The molecular formula is C21H26N6OS. The molecule has 7 nitrogen and oxygen atoms in total. The minimum atomic E-state index is -0.132. The number of carbonyl (C=O) groups is 1. The molecule has 0 saturated heterocycles. The van der Waals surface area contributed by atoms with Gasteiger partial charge in [0.1, 0.15) is 5.82 Å². The normalized spacial score (nSPS) is 11.2. The second-order valence-electron chi connectivity index (χ2n) is 6.35. The lowest BCUT2D eigenvalue weighted by atomic mass is 10.2. The highest BCUT2D eigenvalue weighted by Crippen LogP contribution is 2.24. The average molecular weight is 411 g/mol. The molecule has 0 radical (unpaired) electrons. The molecule has 1 amide bonds. The van der Waals surface area contributed by atoms with E-state index in [-0.39, 0.29) is 5.91 Å². The lowest BCUT2D eigenvalue weighted by Gasteiger charge is -2.09. The summed E-state index contributed by atoms with van der Waals surface area (Å²) in [6.07, 6.45) is 6.14. The van der Waals surface area contributed by atoms with E-state index in [0.29, 0.717) is 13.1 Å². The molecule has 0 aliphatic rings. The standard InChI is InChI=1S/C21H26N6OS/c1-3-12-23-19-17-15-24-27(20(17)26-21(25-19)29-4-2)14-13-22-18(28)11-10-16-8-6-5-7-9-16/h5-11,15H,3-4,12-14H2,1-2H3,(H,22,28)(H,23,25,26)/b11-10-. The molecule has 29 heavy (non-hydrogen) atoms. The molecule has 152 valence electrons. The summed E-state index contributed by atoms with van der Waals surface area (Å²) in [4.78, 5) is 21.3. The van der Waals surface area contributed by atoms with Gasteiger partial charge >= 0.3 is 0 Å². The number of thioether (sulfide) groups is 1. The van der Waals surface area contributed by atoms with Gasteiger partial charge in [0.15, 0.2) is 10.8 Å². The minimum Gasteiger partial charge on any atom is -0.369 e. The molecule has 0 fully saturated rings. The van der Waals surface area contributed by atoms with Gasteiger partial charge in [-0.15, -0.1) is 0 Å². The molecule has 0 spiro atoms. The van der Waals surface area contributed by atoms with Crippen LogP contribution in [0.5, 0.6) is 0 Å². The molecule has 0 atom stereocenters. The Kier molecular flexibility index (Phi) is 7.63. The fraction of sp³-hybridized carbons (Fsp3) is 0.333. The number of hydrogen-bond donors (Lipinski definition) is 2. The van der Waals surface area contributed by atoms with Crippen molar-refractivity contribution in [2.75, 3.05) is 24.2 Å². The van der Waals surface area contributed by atoms with Gasteiger partial charge in [-0.1, -0.05) is 55.9 Å². The zero-order valence-corrected chi connectivity index (χ0v) is 17.6. The molecule has 0 bridgehead atoms. The predicted molar refractivity (Wildman–Crippen MR) is 119 cm³/mol. The first-order valence-corrected chi connectivity index (χ1v) is 10.8. The van der Waals surface area contributed by atoms with E-state index in [1.165, 1.54) is 0 Å². The van der Waals surface area contributed by atoms with E-state index in [9.17, 15) is 4.79 Å². The van der Waals surface area contributed by atoms with Crippen LogP contribution < -0.4 is 10.6 Å². The summed E-state index contributed by atoms with van der Waals surface area (Å²) in [5.41, 5.74) is 1.77. The maximum Gasteiger partial charge on any atom is 0.244 e. The molecule has 2 N–H and O–H groups in total. The zero-order valence-electron chi connectivity index (χ0n) is 16.8. The molecule has 0 unspecified atom stereocenters. The van der Waals surface area contributed by atoms with Gasteiger partial charge in [0.05, 0.1) is 18.1 Å². The van der Waals surface area contributed by atoms with Crippen molar-refractivity contribution in [2.24, 2.45) is 0 Å². The van der Waals surface area contributed by atoms with Crippen molar-refractivity contribution < 1.29 is 4.79 Å². The van der Waals surface area contributed by atoms with E-state index in [4.69, 9.17) is 0 Å². The lowest BCUT2D eigenvalue weighted by molar-refractivity contribution is -0.116. The monoisotopic (exact) mass is 410 g/mol. The van der Waals surface area contributed by atoms with Crippen LogP contribution in [-0.2, 0) is 11.3 Å². The van der Waals surface area contributed by atoms with Gasteiger partial charge in [0, 0.05) is 19.2 Å². The molecule has 2 aromatic heterocycles. The highest BCUT2D eigenvalue weighted by molar-refractivity contribution is 7.99. The Hall–Kier alpha value is -2.87. The number of nitrogens with zero attached hydrogens (tertiary/aromatic N) is 4. The molecule has 0 saturated carbocycles. The summed E-state index contributed by atoms with van der Waals surface area (Å²) >= 11 is 1.60. The Morgan fingerprint density at radius 3 is 2.76 bits per heavy atom. The van der Waals surface area contributed by atoms with Crippen LogP contribution in [0.25, 0.3) is 17.1 Å². The third-order valence-electron chi connectivity index (χ3n) is 4.14.